The second-order valence-corrected chi connectivity index (χ2v) is 8.20. The van der Waals surface area contributed by atoms with Crippen molar-refractivity contribution in [2.45, 2.75) is 57.8 Å². The van der Waals surface area contributed by atoms with E-state index >= 15 is 0 Å². The fraction of sp³-hybridized carbons (Fsp3) is 0.556. The summed E-state index contributed by atoms with van der Waals surface area (Å²) in [6, 6.07) is 4.04. The van der Waals surface area contributed by atoms with Gasteiger partial charge in [-0.1, -0.05) is 37.7 Å². The topological polar surface area (TPSA) is 41.9 Å². The number of thioether (sulfide) groups is 1. The Balaban J connectivity index is 0.00000176. The van der Waals surface area contributed by atoms with Gasteiger partial charge in [-0.3, -0.25) is 4.99 Å². The minimum absolute atomic E-state index is 0.117. The lowest BCUT2D eigenvalue weighted by molar-refractivity contribution is 0.0474. The Labute approximate surface area is 167 Å². The molecule has 1 aliphatic carbocycles. The maximum absolute atomic E-state index is 13.9. The fourth-order valence-electron chi connectivity index (χ4n) is 2.20. The largest absolute Gasteiger partial charge is 0.443 e. The van der Waals surface area contributed by atoms with Crippen LogP contribution in [-0.4, -0.2) is 33.5 Å². The average Bonchev–Trinajstić information content (AvgIpc) is 3.36. The highest BCUT2D eigenvalue weighted by molar-refractivity contribution is 8.15. The highest BCUT2D eigenvalue weighted by Crippen LogP contribution is 2.51. The number of carbonyl (C=O) groups is 1. The minimum atomic E-state index is -0.896. The molecule has 1 aliphatic rings. The van der Waals surface area contributed by atoms with Crippen LogP contribution >= 0.6 is 24.1 Å². The first-order chi connectivity index (χ1) is 12.7. The lowest BCUT2D eigenvalue weighted by atomic mass is 10.1. The van der Waals surface area contributed by atoms with Crippen LogP contribution in [0.25, 0.3) is 0 Å². The molecule has 2 unspecified atom stereocenters. The molecule has 1 aromatic rings. The van der Waals surface area contributed by atoms with Gasteiger partial charge in [-0.15, -0.1) is 3.89 Å². The zero-order valence-electron chi connectivity index (χ0n) is 16.3. The van der Waals surface area contributed by atoms with Crippen molar-refractivity contribution in [3.8, 4) is 0 Å². The Kier molecular flexibility index (Phi) is 9.01. The Bertz CT molecular complexity index is 681. The van der Waals surface area contributed by atoms with Crippen LogP contribution in [-0.2, 0) is 4.74 Å². The number of benzene rings is 1. The van der Waals surface area contributed by atoms with Crippen molar-refractivity contribution in [3.05, 3.63) is 35.4 Å². The fourth-order valence-corrected chi connectivity index (χ4v) is 3.81. The molecule has 2 atom stereocenters. The smallest absolute Gasteiger partial charge is 0.428 e. The monoisotopic (exact) mass is 422 g/mol. The summed E-state index contributed by atoms with van der Waals surface area (Å²) in [4.78, 5) is 16.0. The lowest BCUT2D eigenvalue weighted by Gasteiger charge is -2.24. The van der Waals surface area contributed by atoms with Crippen molar-refractivity contribution in [1.29, 1.82) is 0 Å². The number of amidine groups is 1. The summed E-state index contributed by atoms with van der Waals surface area (Å²) in [7, 11) is 1.43. The van der Waals surface area contributed by atoms with Gasteiger partial charge in [0.05, 0.1) is 0 Å². The molecule has 1 saturated carbocycles. The highest BCUT2D eigenvalue weighted by Gasteiger charge is 2.43. The highest BCUT2D eigenvalue weighted by atomic mass is 32.2. The standard InChI is InChI=1S/C16H19F3N2O2S2.C2H6/c1-16(2,3)23-15(22)21(25-19)14(20-4)24-12-8-10(12)9-6-5-7-11(17)13(9)18;1-2/h5-7,10,12H,8H2,1-4H3;1-2H3. The van der Waals surface area contributed by atoms with Gasteiger partial charge >= 0.3 is 6.09 Å². The van der Waals surface area contributed by atoms with Crippen LogP contribution in [0.5, 0.6) is 0 Å². The molecule has 9 heteroatoms. The van der Waals surface area contributed by atoms with Crippen molar-refractivity contribution >= 4 is 35.4 Å². The number of carbonyl (C=O) groups excluding carboxylic acids is 1. The quantitative estimate of drug-likeness (QED) is 0.324. The molecule has 0 saturated heterocycles. The van der Waals surface area contributed by atoms with Crippen LogP contribution in [0.1, 0.15) is 52.5 Å². The molecule has 1 amide bonds. The summed E-state index contributed by atoms with van der Waals surface area (Å²) in [5, 5.41) is -0.00171. The molecule has 27 heavy (non-hydrogen) atoms. The molecule has 0 aliphatic heterocycles. The van der Waals surface area contributed by atoms with Gasteiger partial charge in [0.25, 0.3) is 0 Å². The van der Waals surface area contributed by atoms with E-state index in [1.807, 2.05) is 13.8 Å². The van der Waals surface area contributed by atoms with E-state index in [-0.39, 0.29) is 34.2 Å². The van der Waals surface area contributed by atoms with Gasteiger partial charge in [-0.05, 0) is 38.8 Å². The van der Waals surface area contributed by atoms with Crippen molar-refractivity contribution < 1.29 is 22.2 Å². The summed E-state index contributed by atoms with van der Waals surface area (Å²) >= 11 is 0.837. The Hall–Kier alpha value is -1.35. The van der Waals surface area contributed by atoms with E-state index in [1.54, 1.807) is 20.8 Å². The second kappa shape index (κ2) is 10.3. The van der Waals surface area contributed by atoms with Crippen LogP contribution in [0.3, 0.4) is 0 Å². The molecular formula is C18H25F3N2O2S2. The van der Waals surface area contributed by atoms with Crippen molar-refractivity contribution in [2.75, 3.05) is 7.05 Å². The minimum Gasteiger partial charge on any atom is -0.443 e. The third kappa shape index (κ3) is 6.64. The van der Waals surface area contributed by atoms with Crippen LogP contribution in [0, 0.1) is 11.6 Å². The van der Waals surface area contributed by atoms with E-state index in [0.717, 1.165) is 17.8 Å². The first kappa shape index (κ1) is 23.7. The summed E-state index contributed by atoms with van der Waals surface area (Å²) in [6.07, 6.45) is -0.286. The predicted octanol–water partition coefficient (Wildman–Crippen LogP) is 6.34. The molecule has 0 bridgehead atoms. The molecule has 0 radical (unpaired) electrons. The molecule has 1 fully saturated rings. The number of nitrogens with zero attached hydrogens (tertiary/aromatic N) is 2. The number of hydrogen-bond acceptors (Lipinski definition) is 5. The van der Waals surface area contributed by atoms with Crippen LogP contribution < -0.4 is 0 Å². The van der Waals surface area contributed by atoms with Gasteiger partial charge in [-0.2, -0.15) is 4.31 Å². The first-order valence-corrected chi connectivity index (χ1v) is 10.1. The summed E-state index contributed by atoms with van der Waals surface area (Å²) < 4.78 is 46.3. The van der Waals surface area contributed by atoms with Crippen molar-refractivity contribution in [2.24, 2.45) is 4.99 Å². The van der Waals surface area contributed by atoms with E-state index < -0.39 is 23.3 Å². The summed E-state index contributed by atoms with van der Waals surface area (Å²) in [5.74, 6) is -1.97. The molecule has 152 valence electrons. The maximum Gasteiger partial charge on any atom is 0.428 e. The molecule has 0 aromatic heterocycles. The van der Waals surface area contributed by atoms with Crippen LogP contribution in [0.15, 0.2) is 23.2 Å². The Morgan fingerprint density at radius 1 is 1.30 bits per heavy atom. The van der Waals surface area contributed by atoms with E-state index in [0.29, 0.717) is 10.7 Å². The number of amides is 1. The molecule has 0 spiro atoms. The molecule has 0 heterocycles. The van der Waals surface area contributed by atoms with E-state index in [4.69, 9.17) is 4.74 Å². The summed E-state index contributed by atoms with van der Waals surface area (Å²) in [6.45, 7) is 9.02. The Morgan fingerprint density at radius 2 is 1.93 bits per heavy atom. The molecule has 4 nitrogen and oxygen atoms in total. The lowest BCUT2D eigenvalue weighted by Crippen LogP contribution is -2.35. The average molecular weight is 423 g/mol. The number of hydrogen-bond donors (Lipinski definition) is 0. The molecular weight excluding hydrogens is 397 g/mol. The van der Waals surface area contributed by atoms with Crippen LogP contribution in [0.4, 0.5) is 17.5 Å². The molecule has 0 N–H and O–H groups in total. The number of halogens is 3. The van der Waals surface area contributed by atoms with Crippen molar-refractivity contribution in [1.82, 2.24) is 4.31 Å². The predicted molar refractivity (Wildman–Crippen MR) is 107 cm³/mol. The zero-order valence-corrected chi connectivity index (χ0v) is 17.9. The maximum atomic E-state index is 13.9. The zero-order chi connectivity index (χ0) is 20.8. The van der Waals surface area contributed by atoms with E-state index in [2.05, 4.69) is 4.99 Å². The van der Waals surface area contributed by atoms with Gasteiger partial charge in [0.15, 0.2) is 29.1 Å². The molecule has 2 rings (SSSR count). The third-order valence-corrected chi connectivity index (χ3v) is 5.34. The van der Waals surface area contributed by atoms with E-state index in [1.165, 1.54) is 19.2 Å². The first-order valence-electron chi connectivity index (χ1n) is 8.57. The number of ether oxygens (including phenoxy) is 1. The second-order valence-electron chi connectivity index (χ2n) is 6.49. The number of rotatable bonds is 3. The van der Waals surface area contributed by atoms with E-state index in [9.17, 15) is 17.5 Å². The SMILES string of the molecule is CC.CN=C(SC1CC1c1cccc(F)c1F)N(SF)C(=O)OC(C)(C)C. The van der Waals surface area contributed by atoms with Gasteiger partial charge < -0.3 is 4.74 Å². The summed E-state index contributed by atoms with van der Waals surface area (Å²) in [5.41, 5.74) is -0.494. The van der Waals surface area contributed by atoms with Gasteiger partial charge in [0, 0.05) is 18.2 Å². The van der Waals surface area contributed by atoms with Gasteiger partial charge in [0.2, 0.25) is 0 Å². The Morgan fingerprint density at radius 3 is 2.44 bits per heavy atom. The van der Waals surface area contributed by atoms with Gasteiger partial charge in [-0.25, -0.2) is 13.6 Å². The van der Waals surface area contributed by atoms with Crippen LogP contribution in [0.2, 0.25) is 0 Å². The van der Waals surface area contributed by atoms with Crippen molar-refractivity contribution in [3.63, 3.8) is 0 Å². The number of aliphatic imine (C=N–C) groups is 1. The van der Waals surface area contributed by atoms with Gasteiger partial charge in [0.1, 0.15) is 5.60 Å². The molecule has 1 aromatic carbocycles. The normalized spacial score (nSPS) is 19.1. The third-order valence-electron chi connectivity index (χ3n) is 3.36.